The summed E-state index contributed by atoms with van der Waals surface area (Å²) in [5.74, 6) is 0.978. The maximum atomic E-state index is 5.71. The predicted octanol–water partition coefficient (Wildman–Crippen LogP) is 3.61. The molecular weight excluding hydrogens is 222 g/mol. The summed E-state index contributed by atoms with van der Waals surface area (Å²) >= 11 is 0. The molecule has 0 aliphatic carbocycles. The van der Waals surface area contributed by atoms with E-state index in [1.54, 1.807) is 0 Å². The lowest BCUT2D eigenvalue weighted by Crippen LogP contribution is -2.15. The standard InChI is InChI=1S/C16H27NO/c1-16(2,3)13-14-7-9-15(10-8-14)18-12-6-11-17(4)5/h7-10H,6,11-13H2,1-5H3. The maximum Gasteiger partial charge on any atom is 0.119 e. The molecule has 0 spiro atoms. The van der Waals surface area contributed by atoms with Crippen molar-refractivity contribution < 1.29 is 4.74 Å². The van der Waals surface area contributed by atoms with Crippen LogP contribution in [-0.2, 0) is 6.42 Å². The molecule has 0 bridgehead atoms. The van der Waals surface area contributed by atoms with Crippen molar-refractivity contribution in [1.82, 2.24) is 4.90 Å². The van der Waals surface area contributed by atoms with Gasteiger partial charge in [0, 0.05) is 6.54 Å². The van der Waals surface area contributed by atoms with E-state index in [4.69, 9.17) is 4.74 Å². The zero-order valence-electron chi connectivity index (χ0n) is 12.5. The first kappa shape index (κ1) is 15.0. The maximum absolute atomic E-state index is 5.71. The van der Waals surface area contributed by atoms with Gasteiger partial charge in [0.05, 0.1) is 6.61 Å². The zero-order valence-corrected chi connectivity index (χ0v) is 12.5. The van der Waals surface area contributed by atoms with Gasteiger partial charge in [-0.15, -0.1) is 0 Å². The van der Waals surface area contributed by atoms with Gasteiger partial charge in [0.2, 0.25) is 0 Å². The van der Waals surface area contributed by atoms with Crippen LogP contribution in [0.1, 0.15) is 32.8 Å². The van der Waals surface area contributed by atoms with E-state index in [1.807, 2.05) is 0 Å². The lowest BCUT2D eigenvalue weighted by molar-refractivity contribution is 0.281. The van der Waals surface area contributed by atoms with Crippen LogP contribution in [0.3, 0.4) is 0 Å². The van der Waals surface area contributed by atoms with Crippen LogP contribution < -0.4 is 4.74 Å². The van der Waals surface area contributed by atoms with Gasteiger partial charge in [-0.05, 0) is 50.0 Å². The topological polar surface area (TPSA) is 12.5 Å². The van der Waals surface area contributed by atoms with Crippen LogP contribution in [-0.4, -0.2) is 32.1 Å². The summed E-state index contributed by atoms with van der Waals surface area (Å²) in [5.41, 5.74) is 1.72. The van der Waals surface area contributed by atoms with Gasteiger partial charge in [-0.3, -0.25) is 0 Å². The van der Waals surface area contributed by atoms with Gasteiger partial charge in [-0.2, -0.15) is 0 Å². The third kappa shape index (κ3) is 6.65. The minimum Gasteiger partial charge on any atom is -0.494 e. The van der Waals surface area contributed by atoms with Gasteiger partial charge in [0.25, 0.3) is 0 Å². The van der Waals surface area contributed by atoms with E-state index in [9.17, 15) is 0 Å². The van der Waals surface area contributed by atoms with Gasteiger partial charge in [0.1, 0.15) is 5.75 Å². The minimum absolute atomic E-state index is 0.341. The van der Waals surface area contributed by atoms with Crippen molar-refractivity contribution in [2.75, 3.05) is 27.2 Å². The molecule has 1 rings (SSSR count). The van der Waals surface area contributed by atoms with Gasteiger partial charge in [-0.1, -0.05) is 32.9 Å². The molecule has 0 unspecified atom stereocenters. The molecule has 0 saturated heterocycles. The van der Waals surface area contributed by atoms with Crippen molar-refractivity contribution in [3.63, 3.8) is 0 Å². The summed E-state index contributed by atoms with van der Waals surface area (Å²) in [7, 11) is 4.17. The Labute approximate surface area is 112 Å². The fraction of sp³-hybridized carbons (Fsp3) is 0.625. The average Bonchev–Trinajstić information content (AvgIpc) is 2.24. The Morgan fingerprint density at radius 1 is 1.06 bits per heavy atom. The monoisotopic (exact) mass is 249 g/mol. The third-order valence-corrected chi connectivity index (χ3v) is 2.68. The Balaban J connectivity index is 2.36. The van der Waals surface area contributed by atoms with E-state index in [-0.39, 0.29) is 0 Å². The molecule has 0 amide bonds. The van der Waals surface area contributed by atoms with E-state index in [1.165, 1.54) is 5.56 Å². The molecule has 18 heavy (non-hydrogen) atoms. The number of nitrogens with zero attached hydrogens (tertiary/aromatic N) is 1. The molecule has 0 N–H and O–H groups in total. The molecule has 0 aliphatic rings. The van der Waals surface area contributed by atoms with E-state index < -0.39 is 0 Å². The highest BCUT2D eigenvalue weighted by molar-refractivity contribution is 5.27. The smallest absolute Gasteiger partial charge is 0.119 e. The fourth-order valence-electron chi connectivity index (χ4n) is 1.89. The van der Waals surface area contributed by atoms with Crippen molar-refractivity contribution in [3.05, 3.63) is 29.8 Å². The largest absolute Gasteiger partial charge is 0.494 e. The highest BCUT2D eigenvalue weighted by Gasteiger charge is 2.10. The summed E-state index contributed by atoms with van der Waals surface area (Å²) < 4.78 is 5.71. The summed E-state index contributed by atoms with van der Waals surface area (Å²) in [4.78, 5) is 2.18. The van der Waals surface area contributed by atoms with Gasteiger partial charge < -0.3 is 9.64 Å². The number of benzene rings is 1. The summed E-state index contributed by atoms with van der Waals surface area (Å²) in [5, 5.41) is 0. The summed E-state index contributed by atoms with van der Waals surface area (Å²) in [6.45, 7) is 8.65. The lowest BCUT2D eigenvalue weighted by atomic mass is 9.88. The molecule has 0 saturated carbocycles. The van der Waals surface area contributed by atoms with E-state index >= 15 is 0 Å². The second-order valence-electron chi connectivity index (χ2n) is 6.39. The highest BCUT2D eigenvalue weighted by atomic mass is 16.5. The molecule has 2 nitrogen and oxygen atoms in total. The normalized spacial score (nSPS) is 11.9. The number of ether oxygens (including phenoxy) is 1. The van der Waals surface area contributed by atoms with Gasteiger partial charge in [0.15, 0.2) is 0 Å². The first-order valence-electron chi connectivity index (χ1n) is 6.73. The quantitative estimate of drug-likeness (QED) is 0.714. The molecule has 0 heterocycles. The number of hydrogen-bond donors (Lipinski definition) is 0. The highest BCUT2D eigenvalue weighted by Crippen LogP contribution is 2.22. The van der Waals surface area contributed by atoms with Crippen LogP contribution in [0.25, 0.3) is 0 Å². The number of hydrogen-bond acceptors (Lipinski definition) is 2. The van der Waals surface area contributed by atoms with Crippen LogP contribution >= 0.6 is 0 Å². The first-order valence-corrected chi connectivity index (χ1v) is 6.73. The summed E-state index contributed by atoms with van der Waals surface area (Å²) in [6, 6.07) is 8.51. The molecule has 102 valence electrons. The van der Waals surface area contributed by atoms with Gasteiger partial charge in [-0.25, -0.2) is 0 Å². The third-order valence-electron chi connectivity index (χ3n) is 2.68. The van der Waals surface area contributed by atoms with Crippen LogP contribution in [0.5, 0.6) is 5.75 Å². The van der Waals surface area contributed by atoms with Crippen molar-refractivity contribution in [2.45, 2.75) is 33.6 Å². The first-order chi connectivity index (χ1) is 8.37. The minimum atomic E-state index is 0.341. The Kier molecular flexibility index (Phi) is 5.67. The fourth-order valence-corrected chi connectivity index (χ4v) is 1.89. The SMILES string of the molecule is CN(C)CCCOc1ccc(CC(C)(C)C)cc1. The molecule has 0 fully saturated rings. The lowest BCUT2D eigenvalue weighted by Gasteiger charge is -2.18. The second-order valence-corrected chi connectivity index (χ2v) is 6.39. The van der Waals surface area contributed by atoms with Crippen LogP contribution in [0, 0.1) is 5.41 Å². The molecule has 2 heteroatoms. The second kappa shape index (κ2) is 6.79. The molecular formula is C16H27NO. The predicted molar refractivity (Wildman–Crippen MR) is 78.3 cm³/mol. The zero-order chi connectivity index (χ0) is 13.6. The summed E-state index contributed by atoms with van der Waals surface area (Å²) in [6.07, 6.45) is 2.17. The Morgan fingerprint density at radius 2 is 1.67 bits per heavy atom. The Morgan fingerprint density at radius 3 is 2.17 bits per heavy atom. The van der Waals surface area contributed by atoms with Crippen molar-refractivity contribution in [3.8, 4) is 5.75 Å². The molecule has 0 aliphatic heterocycles. The van der Waals surface area contributed by atoms with Gasteiger partial charge >= 0.3 is 0 Å². The average molecular weight is 249 g/mol. The van der Waals surface area contributed by atoms with Crippen molar-refractivity contribution >= 4 is 0 Å². The van der Waals surface area contributed by atoms with E-state index in [0.717, 1.165) is 31.7 Å². The molecule has 1 aromatic rings. The van der Waals surface area contributed by atoms with E-state index in [2.05, 4.69) is 64.0 Å². The molecule has 0 aromatic heterocycles. The Hall–Kier alpha value is -1.02. The van der Waals surface area contributed by atoms with Crippen LogP contribution in [0.15, 0.2) is 24.3 Å². The number of rotatable bonds is 6. The van der Waals surface area contributed by atoms with Crippen molar-refractivity contribution in [1.29, 1.82) is 0 Å². The van der Waals surface area contributed by atoms with E-state index in [0.29, 0.717) is 5.41 Å². The van der Waals surface area contributed by atoms with Crippen LogP contribution in [0.4, 0.5) is 0 Å². The Bertz CT molecular complexity index is 335. The van der Waals surface area contributed by atoms with Crippen LogP contribution in [0.2, 0.25) is 0 Å². The molecule has 0 atom stereocenters. The van der Waals surface area contributed by atoms with Crippen molar-refractivity contribution in [2.24, 2.45) is 5.41 Å². The molecule has 1 aromatic carbocycles. The molecule has 0 radical (unpaired) electrons.